The van der Waals surface area contributed by atoms with Crippen molar-refractivity contribution in [3.05, 3.63) is 51.5 Å². The number of benzene rings is 1. The molecule has 0 bridgehead atoms. The van der Waals surface area contributed by atoms with Gasteiger partial charge in [0, 0.05) is 18.5 Å². The number of halogens is 3. The predicted octanol–water partition coefficient (Wildman–Crippen LogP) is 2.61. The normalized spacial score (nSPS) is 11.5. The standard InChI is InChI=1S/C15H16F3N3O2S/c16-15(17,18)9-23-7-11-3-1-10(2-4-11)6-20-14(22)12-8-24-13(5-19)21-12/h1-4,8H,5-7,9,19H2,(H,20,22). The van der Waals surface area contributed by atoms with Gasteiger partial charge in [0.25, 0.3) is 5.91 Å². The van der Waals surface area contributed by atoms with E-state index in [0.717, 1.165) is 5.56 Å². The van der Waals surface area contributed by atoms with E-state index in [4.69, 9.17) is 5.73 Å². The van der Waals surface area contributed by atoms with Crippen molar-refractivity contribution in [2.24, 2.45) is 5.73 Å². The van der Waals surface area contributed by atoms with E-state index in [-0.39, 0.29) is 25.6 Å². The summed E-state index contributed by atoms with van der Waals surface area (Å²) >= 11 is 1.32. The molecule has 0 aliphatic rings. The molecule has 0 atom stereocenters. The quantitative estimate of drug-likeness (QED) is 0.797. The maximum absolute atomic E-state index is 12.0. The fourth-order valence-electron chi connectivity index (χ4n) is 1.82. The Balaban J connectivity index is 1.80. The van der Waals surface area contributed by atoms with Crippen molar-refractivity contribution in [1.29, 1.82) is 0 Å². The summed E-state index contributed by atoms with van der Waals surface area (Å²) in [5, 5.41) is 5.04. The van der Waals surface area contributed by atoms with E-state index in [9.17, 15) is 18.0 Å². The first-order chi connectivity index (χ1) is 11.4. The van der Waals surface area contributed by atoms with Crippen molar-refractivity contribution in [1.82, 2.24) is 10.3 Å². The first kappa shape index (κ1) is 18.4. The smallest absolute Gasteiger partial charge is 0.367 e. The summed E-state index contributed by atoms with van der Waals surface area (Å²) in [5.41, 5.74) is 7.20. The van der Waals surface area contributed by atoms with Gasteiger partial charge in [0.1, 0.15) is 17.3 Å². The van der Waals surface area contributed by atoms with Gasteiger partial charge in [-0.2, -0.15) is 13.2 Å². The molecule has 0 aliphatic carbocycles. The van der Waals surface area contributed by atoms with Gasteiger partial charge in [0.15, 0.2) is 0 Å². The van der Waals surface area contributed by atoms with E-state index in [0.29, 0.717) is 16.3 Å². The van der Waals surface area contributed by atoms with Crippen LogP contribution in [0.15, 0.2) is 29.6 Å². The third kappa shape index (κ3) is 5.91. The molecule has 1 heterocycles. The van der Waals surface area contributed by atoms with Crippen LogP contribution in [-0.2, 0) is 24.4 Å². The Morgan fingerprint density at radius 2 is 1.92 bits per heavy atom. The number of hydrogen-bond donors (Lipinski definition) is 2. The lowest BCUT2D eigenvalue weighted by Gasteiger charge is -2.08. The summed E-state index contributed by atoms with van der Waals surface area (Å²) in [6.45, 7) is -0.816. The summed E-state index contributed by atoms with van der Waals surface area (Å²) < 4.78 is 40.5. The molecule has 0 aliphatic heterocycles. The minimum Gasteiger partial charge on any atom is -0.367 e. The molecular formula is C15H16F3N3O2S. The Morgan fingerprint density at radius 1 is 1.25 bits per heavy atom. The molecule has 0 saturated carbocycles. The number of nitrogens with two attached hydrogens (primary N) is 1. The summed E-state index contributed by atoms with van der Waals surface area (Å²) in [5.74, 6) is -0.302. The van der Waals surface area contributed by atoms with Crippen LogP contribution < -0.4 is 11.1 Å². The lowest BCUT2D eigenvalue weighted by Crippen LogP contribution is -2.23. The van der Waals surface area contributed by atoms with Gasteiger partial charge >= 0.3 is 6.18 Å². The van der Waals surface area contributed by atoms with E-state index >= 15 is 0 Å². The van der Waals surface area contributed by atoms with Crippen LogP contribution in [0.4, 0.5) is 13.2 Å². The highest BCUT2D eigenvalue weighted by Crippen LogP contribution is 2.16. The largest absolute Gasteiger partial charge is 0.411 e. The summed E-state index contributed by atoms with van der Waals surface area (Å²) in [6, 6.07) is 6.76. The molecule has 1 amide bonds. The summed E-state index contributed by atoms with van der Waals surface area (Å²) in [6.07, 6.45) is -4.33. The van der Waals surface area contributed by atoms with Crippen molar-refractivity contribution in [2.75, 3.05) is 6.61 Å². The van der Waals surface area contributed by atoms with E-state index in [1.165, 1.54) is 11.3 Å². The average molecular weight is 359 g/mol. The number of nitrogens with zero attached hydrogens (tertiary/aromatic N) is 1. The highest BCUT2D eigenvalue weighted by atomic mass is 32.1. The zero-order valence-electron chi connectivity index (χ0n) is 12.6. The molecule has 5 nitrogen and oxygen atoms in total. The number of thiazole rings is 1. The fourth-order valence-corrected chi connectivity index (χ4v) is 2.47. The second-order valence-corrected chi connectivity index (χ2v) is 5.88. The molecule has 2 rings (SSSR count). The number of amides is 1. The van der Waals surface area contributed by atoms with Crippen molar-refractivity contribution in [2.45, 2.75) is 25.9 Å². The summed E-state index contributed by atoms with van der Waals surface area (Å²) in [7, 11) is 0. The number of carbonyl (C=O) groups is 1. The Bertz CT molecular complexity index is 671. The van der Waals surface area contributed by atoms with Crippen LogP contribution >= 0.6 is 11.3 Å². The zero-order valence-corrected chi connectivity index (χ0v) is 13.4. The topological polar surface area (TPSA) is 77.2 Å². The molecule has 3 N–H and O–H groups in total. The van der Waals surface area contributed by atoms with E-state index < -0.39 is 12.8 Å². The number of ether oxygens (including phenoxy) is 1. The lowest BCUT2D eigenvalue weighted by molar-refractivity contribution is -0.176. The minimum absolute atomic E-state index is 0.118. The SMILES string of the molecule is NCc1nc(C(=O)NCc2ccc(COCC(F)(F)F)cc2)cs1. The van der Waals surface area contributed by atoms with E-state index in [2.05, 4.69) is 15.0 Å². The lowest BCUT2D eigenvalue weighted by atomic mass is 10.1. The second kappa shape index (κ2) is 8.22. The Kier molecular flexibility index (Phi) is 6.29. The maximum atomic E-state index is 12.0. The molecule has 1 aromatic carbocycles. The van der Waals surface area contributed by atoms with Crippen molar-refractivity contribution in [3.8, 4) is 0 Å². The van der Waals surface area contributed by atoms with Gasteiger partial charge < -0.3 is 15.8 Å². The van der Waals surface area contributed by atoms with Gasteiger partial charge in [-0.1, -0.05) is 24.3 Å². The minimum atomic E-state index is -4.33. The number of aromatic nitrogens is 1. The molecule has 9 heteroatoms. The zero-order chi connectivity index (χ0) is 17.6. The van der Waals surface area contributed by atoms with Crippen LogP contribution in [0, 0.1) is 0 Å². The number of alkyl halides is 3. The van der Waals surface area contributed by atoms with E-state index in [1.54, 1.807) is 29.6 Å². The van der Waals surface area contributed by atoms with Crippen LogP contribution in [0.1, 0.15) is 26.6 Å². The van der Waals surface area contributed by atoms with Crippen LogP contribution in [-0.4, -0.2) is 23.7 Å². The average Bonchev–Trinajstić information content (AvgIpc) is 3.02. The number of carbonyl (C=O) groups excluding carboxylic acids is 1. The van der Waals surface area contributed by atoms with E-state index in [1.807, 2.05) is 0 Å². The molecule has 0 spiro atoms. The highest BCUT2D eigenvalue weighted by molar-refractivity contribution is 7.09. The van der Waals surface area contributed by atoms with Gasteiger partial charge in [-0.15, -0.1) is 11.3 Å². The molecule has 2 aromatic rings. The number of hydrogen-bond acceptors (Lipinski definition) is 5. The van der Waals surface area contributed by atoms with Crippen LogP contribution in [0.25, 0.3) is 0 Å². The molecule has 24 heavy (non-hydrogen) atoms. The summed E-state index contributed by atoms with van der Waals surface area (Å²) in [4.78, 5) is 16.0. The van der Waals surface area contributed by atoms with Gasteiger partial charge in [-0.05, 0) is 11.1 Å². The van der Waals surface area contributed by atoms with Crippen molar-refractivity contribution >= 4 is 17.2 Å². The monoisotopic (exact) mass is 359 g/mol. The number of rotatable bonds is 7. The van der Waals surface area contributed by atoms with Crippen LogP contribution in [0.5, 0.6) is 0 Å². The molecule has 130 valence electrons. The Labute approximate surface area is 140 Å². The second-order valence-electron chi connectivity index (χ2n) is 4.94. The van der Waals surface area contributed by atoms with Gasteiger partial charge in [-0.3, -0.25) is 4.79 Å². The van der Waals surface area contributed by atoms with Crippen molar-refractivity contribution in [3.63, 3.8) is 0 Å². The third-order valence-corrected chi connectivity index (χ3v) is 3.84. The number of nitrogens with one attached hydrogen (secondary N) is 1. The van der Waals surface area contributed by atoms with Gasteiger partial charge in [-0.25, -0.2) is 4.98 Å². The van der Waals surface area contributed by atoms with Gasteiger partial charge in [0.05, 0.1) is 6.61 Å². The predicted molar refractivity (Wildman–Crippen MR) is 83.3 cm³/mol. The Morgan fingerprint density at radius 3 is 2.50 bits per heavy atom. The maximum Gasteiger partial charge on any atom is 0.411 e. The van der Waals surface area contributed by atoms with Gasteiger partial charge in [0.2, 0.25) is 0 Å². The fraction of sp³-hybridized carbons (Fsp3) is 0.333. The molecule has 1 aromatic heterocycles. The molecule has 0 unspecified atom stereocenters. The highest BCUT2D eigenvalue weighted by Gasteiger charge is 2.27. The molecule has 0 saturated heterocycles. The Hall–Kier alpha value is -1.97. The molecule has 0 radical (unpaired) electrons. The first-order valence-corrected chi connectivity index (χ1v) is 7.90. The molecular weight excluding hydrogens is 343 g/mol. The van der Waals surface area contributed by atoms with Crippen molar-refractivity contribution < 1.29 is 22.7 Å². The first-order valence-electron chi connectivity index (χ1n) is 7.02. The van der Waals surface area contributed by atoms with Crippen LogP contribution in [0.2, 0.25) is 0 Å². The molecule has 0 fully saturated rings. The van der Waals surface area contributed by atoms with Crippen LogP contribution in [0.3, 0.4) is 0 Å². The third-order valence-electron chi connectivity index (χ3n) is 2.97.